The van der Waals surface area contributed by atoms with Crippen LogP contribution in [0.25, 0.3) is 0 Å². The second-order valence-electron chi connectivity index (χ2n) is 5.38. The molecule has 0 saturated carbocycles. The topological polar surface area (TPSA) is 71.0 Å². The molecular formula is C16H19N5O. The minimum atomic E-state index is 0.0150. The van der Waals surface area contributed by atoms with Crippen LogP contribution in [0, 0.1) is 5.92 Å². The lowest BCUT2D eigenvalue weighted by Crippen LogP contribution is -2.34. The third kappa shape index (κ3) is 3.58. The molecule has 1 N–H and O–H groups in total. The molecule has 0 spiro atoms. The molecule has 6 heteroatoms. The third-order valence-corrected chi connectivity index (χ3v) is 3.86. The van der Waals surface area contributed by atoms with E-state index in [0.29, 0.717) is 19.0 Å². The van der Waals surface area contributed by atoms with E-state index in [1.54, 1.807) is 30.9 Å². The van der Waals surface area contributed by atoms with Crippen LogP contribution in [-0.4, -0.2) is 40.5 Å². The van der Waals surface area contributed by atoms with Crippen molar-refractivity contribution in [1.29, 1.82) is 0 Å². The molecule has 2 aromatic heterocycles. The van der Waals surface area contributed by atoms with Gasteiger partial charge in [-0.25, -0.2) is 9.97 Å². The summed E-state index contributed by atoms with van der Waals surface area (Å²) in [5, 5.41) is 3.02. The van der Waals surface area contributed by atoms with E-state index < -0.39 is 0 Å². The lowest BCUT2D eigenvalue weighted by Gasteiger charge is -2.15. The van der Waals surface area contributed by atoms with Crippen molar-refractivity contribution in [1.82, 2.24) is 20.3 Å². The van der Waals surface area contributed by atoms with Gasteiger partial charge in [0.2, 0.25) is 11.9 Å². The Morgan fingerprint density at radius 3 is 2.77 bits per heavy atom. The molecule has 0 aliphatic carbocycles. The van der Waals surface area contributed by atoms with Crippen LogP contribution in [-0.2, 0) is 11.2 Å². The standard InChI is InChI=1S/C16H19N5O/c22-15(18-10-4-13-2-8-17-9-3-13)14-5-11-21(12-14)16-19-6-1-7-20-16/h1-3,6-9,14H,4-5,10-12H2,(H,18,22). The SMILES string of the molecule is O=C(NCCc1ccncc1)C1CCN(c2ncccn2)C1. The van der Waals surface area contributed by atoms with Crippen molar-refractivity contribution in [2.24, 2.45) is 5.92 Å². The van der Waals surface area contributed by atoms with Crippen molar-refractivity contribution in [3.05, 3.63) is 48.5 Å². The van der Waals surface area contributed by atoms with Gasteiger partial charge in [-0.05, 0) is 36.6 Å². The number of nitrogens with zero attached hydrogens (tertiary/aromatic N) is 4. The maximum atomic E-state index is 12.2. The van der Waals surface area contributed by atoms with Gasteiger partial charge >= 0.3 is 0 Å². The molecule has 1 amide bonds. The van der Waals surface area contributed by atoms with Gasteiger partial charge in [0, 0.05) is 44.4 Å². The number of hydrogen-bond acceptors (Lipinski definition) is 5. The Balaban J connectivity index is 1.46. The highest BCUT2D eigenvalue weighted by molar-refractivity contribution is 5.79. The predicted molar refractivity (Wildman–Crippen MR) is 83.3 cm³/mol. The first-order chi connectivity index (χ1) is 10.8. The summed E-state index contributed by atoms with van der Waals surface area (Å²) in [7, 11) is 0. The Kier molecular flexibility index (Phi) is 4.58. The van der Waals surface area contributed by atoms with E-state index >= 15 is 0 Å². The number of carbonyl (C=O) groups excluding carboxylic acids is 1. The van der Waals surface area contributed by atoms with E-state index in [2.05, 4.69) is 25.2 Å². The van der Waals surface area contributed by atoms with Crippen LogP contribution >= 0.6 is 0 Å². The van der Waals surface area contributed by atoms with Gasteiger partial charge in [0.25, 0.3) is 0 Å². The molecule has 1 unspecified atom stereocenters. The average Bonchev–Trinajstić information content (AvgIpc) is 3.07. The Bertz CT molecular complexity index is 604. The van der Waals surface area contributed by atoms with Crippen molar-refractivity contribution in [2.45, 2.75) is 12.8 Å². The highest BCUT2D eigenvalue weighted by Crippen LogP contribution is 2.20. The zero-order chi connectivity index (χ0) is 15.2. The second kappa shape index (κ2) is 6.98. The molecule has 0 radical (unpaired) electrons. The first kappa shape index (κ1) is 14.4. The molecule has 0 aromatic carbocycles. The number of pyridine rings is 1. The van der Waals surface area contributed by atoms with Gasteiger partial charge in [0.1, 0.15) is 0 Å². The lowest BCUT2D eigenvalue weighted by atomic mass is 10.1. The molecule has 1 fully saturated rings. The summed E-state index contributed by atoms with van der Waals surface area (Å²) in [6.45, 7) is 2.17. The second-order valence-corrected chi connectivity index (χ2v) is 5.38. The first-order valence-electron chi connectivity index (χ1n) is 7.51. The van der Waals surface area contributed by atoms with Crippen molar-refractivity contribution in [3.8, 4) is 0 Å². The molecule has 0 bridgehead atoms. The third-order valence-electron chi connectivity index (χ3n) is 3.86. The molecule has 1 atom stereocenters. The molecule has 1 aliphatic heterocycles. The normalized spacial score (nSPS) is 17.5. The average molecular weight is 297 g/mol. The van der Waals surface area contributed by atoms with Crippen LogP contribution in [0.3, 0.4) is 0 Å². The molecule has 114 valence electrons. The zero-order valence-electron chi connectivity index (χ0n) is 12.4. The molecule has 1 saturated heterocycles. The van der Waals surface area contributed by atoms with Gasteiger partial charge in [-0.15, -0.1) is 0 Å². The summed E-state index contributed by atoms with van der Waals surface area (Å²) in [6, 6.07) is 5.73. The monoisotopic (exact) mass is 297 g/mol. The van der Waals surface area contributed by atoms with E-state index in [9.17, 15) is 4.79 Å². The Hall–Kier alpha value is -2.50. The number of nitrogens with one attached hydrogen (secondary N) is 1. The number of amides is 1. The predicted octanol–water partition coefficient (Wildman–Crippen LogP) is 1.06. The van der Waals surface area contributed by atoms with Gasteiger partial charge in [0.15, 0.2) is 0 Å². The van der Waals surface area contributed by atoms with E-state index in [0.717, 1.165) is 19.4 Å². The molecule has 1 aliphatic rings. The molecule has 3 rings (SSSR count). The van der Waals surface area contributed by atoms with Crippen molar-refractivity contribution in [3.63, 3.8) is 0 Å². The molecule has 3 heterocycles. The number of carbonyl (C=O) groups is 1. The highest BCUT2D eigenvalue weighted by Gasteiger charge is 2.29. The van der Waals surface area contributed by atoms with Gasteiger partial charge in [-0.1, -0.05) is 0 Å². The van der Waals surface area contributed by atoms with Crippen LogP contribution in [0.5, 0.6) is 0 Å². The van der Waals surface area contributed by atoms with E-state index in [4.69, 9.17) is 0 Å². The van der Waals surface area contributed by atoms with E-state index in [-0.39, 0.29) is 11.8 Å². The van der Waals surface area contributed by atoms with Crippen molar-refractivity contribution >= 4 is 11.9 Å². The van der Waals surface area contributed by atoms with E-state index in [1.807, 2.05) is 12.1 Å². The molecule has 6 nitrogen and oxygen atoms in total. The Morgan fingerprint density at radius 1 is 1.23 bits per heavy atom. The largest absolute Gasteiger partial charge is 0.355 e. The fraction of sp³-hybridized carbons (Fsp3) is 0.375. The van der Waals surface area contributed by atoms with Crippen molar-refractivity contribution < 1.29 is 4.79 Å². The molecular weight excluding hydrogens is 278 g/mol. The fourth-order valence-electron chi connectivity index (χ4n) is 2.63. The molecule has 22 heavy (non-hydrogen) atoms. The number of aromatic nitrogens is 3. The summed E-state index contributed by atoms with van der Waals surface area (Å²) in [5.74, 6) is 0.836. The Labute approximate surface area is 129 Å². The first-order valence-corrected chi connectivity index (χ1v) is 7.51. The number of hydrogen-bond donors (Lipinski definition) is 1. The molecule has 2 aromatic rings. The number of rotatable bonds is 5. The summed E-state index contributed by atoms with van der Waals surface area (Å²) >= 11 is 0. The lowest BCUT2D eigenvalue weighted by molar-refractivity contribution is -0.124. The van der Waals surface area contributed by atoms with Crippen LogP contribution in [0.4, 0.5) is 5.95 Å². The zero-order valence-corrected chi connectivity index (χ0v) is 12.4. The van der Waals surface area contributed by atoms with Crippen LogP contribution in [0.1, 0.15) is 12.0 Å². The Morgan fingerprint density at radius 2 is 2.00 bits per heavy atom. The minimum absolute atomic E-state index is 0.0150. The fourth-order valence-corrected chi connectivity index (χ4v) is 2.63. The van der Waals surface area contributed by atoms with Gasteiger partial charge in [0.05, 0.1) is 5.92 Å². The van der Waals surface area contributed by atoms with Crippen LogP contribution in [0.15, 0.2) is 43.0 Å². The maximum absolute atomic E-state index is 12.2. The summed E-state index contributed by atoms with van der Waals surface area (Å²) < 4.78 is 0. The van der Waals surface area contributed by atoms with Gasteiger partial charge < -0.3 is 10.2 Å². The quantitative estimate of drug-likeness (QED) is 0.893. The number of anilines is 1. The highest BCUT2D eigenvalue weighted by atomic mass is 16.1. The smallest absolute Gasteiger partial charge is 0.225 e. The van der Waals surface area contributed by atoms with Crippen LogP contribution < -0.4 is 10.2 Å². The van der Waals surface area contributed by atoms with Gasteiger partial charge in [-0.2, -0.15) is 0 Å². The minimum Gasteiger partial charge on any atom is -0.355 e. The summed E-state index contributed by atoms with van der Waals surface area (Å²) in [5.41, 5.74) is 1.18. The van der Waals surface area contributed by atoms with E-state index in [1.165, 1.54) is 5.56 Å². The summed E-state index contributed by atoms with van der Waals surface area (Å²) in [4.78, 5) is 26.7. The van der Waals surface area contributed by atoms with Crippen molar-refractivity contribution in [2.75, 3.05) is 24.5 Å². The maximum Gasteiger partial charge on any atom is 0.225 e. The van der Waals surface area contributed by atoms with Crippen LogP contribution in [0.2, 0.25) is 0 Å². The van der Waals surface area contributed by atoms with Gasteiger partial charge in [-0.3, -0.25) is 9.78 Å². The summed E-state index contributed by atoms with van der Waals surface area (Å²) in [6.07, 6.45) is 8.67.